The lowest BCUT2D eigenvalue weighted by Crippen LogP contribution is -2.45. The molecule has 2 atom stereocenters. The molecule has 0 aliphatic carbocycles. The molecule has 1 saturated heterocycles. The van der Waals surface area contributed by atoms with Crippen molar-refractivity contribution >= 4 is 11.6 Å². The molecule has 1 aromatic rings. The maximum atomic E-state index is 10.4. The highest BCUT2D eigenvalue weighted by atomic mass is 35.5. The molecular formula is C14H20ClNO3. The van der Waals surface area contributed by atoms with Crippen LogP contribution in [0, 0.1) is 0 Å². The first-order valence-electron chi connectivity index (χ1n) is 6.43. The average Bonchev–Trinajstić information content (AvgIpc) is 2.72. The molecule has 2 N–H and O–H groups in total. The van der Waals surface area contributed by atoms with Gasteiger partial charge < -0.3 is 19.9 Å². The van der Waals surface area contributed by atoms with Crippen molar-refractivity contribution in [2.24, 2.45) is 0 Å². The van der Waals surface area contributed by atoms with E-state index in [2.05, 4.69) is 5.32 Å². The molecule has 0 radical (unpaired) electrons. The molecule has 0 spiro atoms. The number of hydrogen-bond acceptors (Lipinski definition) is 4. The van der Waals surface area contributed by atoms with Crippen molar-refractivity contribution in [1.82, 2.24) is 5.32 Å². The average molecular weight is 286 g/mol. The van der Waals surface area contributed by atoms with Gasteiger partial charge in [-0.2, -0.15) is 0 Å². The third-order valence-corrected chi connectivity index (χ3v) is 4.04. The van der Waals surface area contributed by atoms with Gasteiger partial charge in [0.25, 0.3) is 0 Å². The third-order valence-electron chi connectivity index (χ3n) is 3.69. The molecule has 4 nitrogen and oxygen atoms in total. The van der Waals surface area contributed by atoms with Crippen LogP contribution in [0.1, 0.15) is 18.9 Å². The standard InChI is InChI=1S/C14H20ClNO3/c1-10-14(17,6-7-19-10)9-16-8-11-12(15)4-3-5-13(11)18-2/h3-5,10,16-17H,6-9H2,1-2H3. The van der Waals surface area contributed by atoms with Crippen LogP contribution in [0.3, 0.4) is 0 Å². The van der Waals surface area contributed by atoms with Crippen molar-refractivity contribution in [2.45, 2.75) is 31.6 Å². The molecule has 2 unspecified atom stereocenters. The second kappa shape index (κ2) is 6.09. The van der Waals surface area contributed by atoms with Crippen molar-refractivity contribution in [2.75, 3.05) is 20.3 Å². The Hall–Kier alpha value is -0.810. The fourth-order valence-corrected chi connectivity index (χ4v) is 2.54. The molecular weight excluding hydrogens is 266 g/mol. The number of ether oxygens (including phenoxy) is 2. The molecule has 5 heteroatoms. The Labute approximate surface area is 118 Å². The zero-order chi connectivity index (χ0) is 13.9. The molecule has 0 amide bonds. The van der Waals surface area contributed by atoms with E-state index in [4.69, 9.17) is 21.1 Å². The first kappa shape index (κ1) is 14.6. The van der Waals surface area contributed by atoms with E-state index in [1.165, 1.54) is 0 Å². The first-order chi connectivity index (χ1) is 9.07. The van der Waals surface area contributed by atoms with Crippen molar-refractivity contribution < 1.29 is 14.6 Å². The number of halogens is 1. The van der Waals surface area contributed by atoms with E-state index < -0.39 is 5.60 Å². The molecule has 1 fully saturated rings. The summed E-state index contributed by atoms with van der Waals surface area (Å²) in [6, 6.07) is 5.56. The predicted octanol–water partition coefficient (Wildman–Crippen LogP) is 1.98. The van der Waals surface area contributed by atoms with Gasteiger partial charge in [0, 0.05) is 36.7 Å². The molecule has 106 valence electrons. The number of methoxy groups -OCH3 is 1. The SMILES string of the molecule is COc1cccc(Cl)c1CNCC1(O)CCOC1C. The van der Waals surface area contributed by atoms with Crippen LogP contribution < -0.4 is 10.1 Å². The van der Waals surface area contributed by atoms with Gasteiger partial charge in [-0.15, -0.1) is 0 Å². The van der Waals surface area contributed by atoms with Gasteiger partial charge in [0.05, 0.1) is 13.2 Å². The van der Waals surface area contributed by atoms with Gasteiger partial charge in [0.15, 0.2) is 0 Å². The highest BCUT2D eigenvalue weighted by molar-refractivity contribution is 6.31. The summed E-state index contributed by atoms with van der Waals surface area (Å²) < 4.78 is 10.7. The van der Waals surface area contributed by atoms with Crippen molar-refractivity contribution in [1.29, 1.82) is 0 Å². The van der Waals surface area contributed by atoms with Gasteiger partial charge in [-0.25, -0.2) is 0 Å². The van der Waals surface area contributed by atoms with E-state index in [-0.39, 0.29) is 6.10 Å². The summed E-state index contributed by atoms with van der Waals surface area (Å²) in [5, 5.41) is 14.3. The predicted molar refractivity (Wildman–Crippen MR) is 74.7 cm³/mol. The number of nitrogens with one attached hydrogen (secondary N) is 1. The molecule has 1 aromatic carbocycles. The summed E-state index contributed by atoms with van der Waals surface area (Å²) in [5.74, 6) is 0.753. The number of benzene rings is 1. The van der Waals surface area contributed by atoms with Crippen LogP contribution in [0.15, 0.2) is 18.2 Å². The summed E-state index contributed by atoms with van der Waals surface area (Å²) in [4.78, 5) is 0. The Morgan fingerprint density at radius 2 is 2.37 bits per heavy atom. The van der Waals surface area contributed by atoms with Gasteiger partial charge in [0.1, 0.15) is 11.4 Å². The van der Waals surface area contributed by atoms with E-state index in [0.29, 0.717) is 31.1 Å². The zero-order valence-electron chi connectivity index (χ0n) is 11.3. The van der Waals surface area contributed by atoms with Crippen LogP contribution in [0.4, 0.5) is 0 Å². The van der Waals surface area contributed by atoms with Crippen molar-refractivity contribution in [3.05, 3.63) is 28.8 Å². The number of rotatable bonds is 5. The molecule has 1 aliphatic rings. The Morgan fingerprint density at radius 3 is 3.00 bits per heavy atom. The first-order valence-corrected chi connectivity index (χ1v) is 6.81. The summed E-state index contributed by atoms with van der Waals surface area (Å²) >= 11 is 6.16. The van der Waals surface area contributed by atoms with E-state index in [1.807, 2.05) is 25.1 Å². The second-order valence-electron chi connectivity index (χ2n) is 4.89. The molecule has 2 rings (SSSR count). The third kappa shape index (κ3) is 3.20. The minimum absolute atomic E-state index is 0.145. The summed E-state index contributed by atoms with van der Waals surface area (Å²) in [5.41, 5.74) is 0.107. The minimum atomic E-state index is -0.797. The van der Waals surface area contributed by atoms with Crippen LogP contribution in [-0.4, -0.2) is 37.1 Å². The van der Waals surface area contributed by atoms with Crippen LogP contribution in [0.25, 0.3) is 0 Å². The Morgan fingerprint density at radius 1 is 1.58 bits per heavy atom. The van der Waals surface area contributed by atoms with Crippen LogP contribution >= 0.6 is 11.6 Å². The van der Waals surface area contributed by atoms with Gasteiger partial charge in [0.2, 0.25) is 0 Å². The summed E-state index contributed by atoms with van der Waals surface area (Å²) in [6.07, 6.45) is 0.508. The fraction of sp³-hybridized carbons (Fsp3) is 0.571. The molecule has 19 heavy (non-hydrogen) atoms. The normalized spacial score (nSPS) is 26.6. The Kier molecular flexibility index (Phi) is 4.68. The van der Waals surface area contributed by atoms with Gasteiger partial charge in [-0.3, -0.25) is 0 Å². The molecule has 0 bridgehead atoms. The number of hydrogen-bond donors (Lipinski definition) is 2. The van der Waals surface area contributed by atoms with Crippen LogP contribution in [-0.2, 0) is 11.3 Å². The molecule has 1 aliphatic heterocycles. The van der Waals surface area contributed by atoms with Crippen LogP contribution in [0.2, 0.25) is 5.02 Å². The van der Waals surface area contributed by atoms with E-state index in [1.54, 1.807) is 7.11 Å². The highest BCUT2D eigenvalue weighted by Crippen LogP contribution is 2.27. The molecule has 0 aromatic heterocycles. The number of aliphatic hydroxyl groups is 1. The molecule has 1 heterocycles. The Balaban J connectivity index is 1.96. The quantitative estimate of drug-likeness (QED) is 0.869. The second-order valence-corrected chi connectivity index (χ2v) is 5.30. The maximum Gasteiger partial charge on any atom is 0.124 e. The Bertz CT molecular complexity index is 441. The zero-order valence-corrected chi connectivity index (χ0v) is 12.0. The van der Waals surface area contributed by atoms with E-state index >= 15 is 0 Å². The summed E-state index contributed by atoms with van der Waals surface area (Å²) in [7, 11) is 1.62. The van der Waals surface area contributed by atoms with Gasteiger partial charge >= 0.3 is 0 Å². The van der Waals surface area contributed by atoms with Gasteiger partial charge in [-0.05, 0) is 19.1 Å². The summed E-state index contributed by atoms with van der Waals surface area (Å²) in [6.45, 7) is 3.53. The fourth-order valence-electron chi connectivity index (χ4n) is 2.31. The highest BCUT2D eigenvalue weighted by Gasteiger charge is 2.39. The van der Waals surface area contributed by atoms with Gasteiger partial charge in [-0.1, -0.05) is 17.7 Å². The monoisotopic (exact) mass is 285 g/mol. The minimum Gasteiger partial charge on any atom is -0.496 e. The lowest BCUT2D eigenvalue weighted by molar-refractivity contribution is -0.0263. The lowest BCUT2D eigenvalue weighted by Gasteiger charge is -2.26. The molecule has 0 saturated carbocycles. The van der Waals surface area contributed by atoms with Crippen LogP contribution in [0.5, 0.6) is 5.75 Å². The topological polar surface area (TPSA) is 50.7 Å². The van der Waals surface area contributed by atoms with E-state index in [9.17, 15) is 5.11 Å². The maximum absolute atomic E-state index is 10.4. The smallest absolute Gasteiger partial charge is 0.124 e. The van der Waals surface area contributed by atoms with Crippen molar-refractivity contribution in [3.8, 4) is 5.75 Å². The van der Waals surface area contributed by atoms with E-state index in [0.717, 1.165) is 11.3 Å². The largest absolute Gasteiger partial charge is 0.496 e. The van der Waals surface area contributed by atoms with Crippen molar-refractivity contribution in [3.63, 3.8) is 0 Å². The lowest BCUT2D eigenvalue weighted by atomic mass is 9.96.